The zero-order valence-corrected chi connectivity index (χ0v) is 13.3. The minimum Gasteiger partial charge on any atom is -0.361 e. The fourth-order valence-corrected chi connectivity index (χ4v) is 2.75. The van der Waals surface area contributed by atoms with Crippen LogP contribution in [0.2, 0.25) is 5.02 Å². The summed E-state index contributed by atoms with van der Waals surface area (Å²) in [7, 11) is 0. The number of aromatic nitrogens is 1. The fourth-order valence-electron chi connectivity index (χ4n) is 2.55. The molecule has 3 rings (SSSR count). The third-order valence-corrected chi connectivity index (χ3v) is 4.09. The predicted molar refractivity (Wildman–Crippen MR) is 92.4 cm³/mol. The van der Waals surface area contributed by atoms with Crippen LogP contribution in [0, 0.1) is 10.1 Å². The van der Waals surface area contributed by atoms with E-state index in [1.165, 1.54) is 18.2 Å². The second-order valence-corrected chi connectivity index (χ2v) is 5.69. The van der Waals surface area contributed by atoms with Gasteiger partial charge in [0.15, 0.2) is 0 Å². The van der Waals surface area contributed by atoms with E-state index in [9.17, 15) is 14.9 Å². The first-order chi connectivity index (χ1) is 11.6. The summed E-state index contributed by atoms with van der Waals surface area (Å²) in [6, 6.07) is 11.7. The highest BCUT2D eigenvalue weighted by Gasteiger charge is 2.15. The number of amides is 1. The van der Waals surface area contributed by atoms with E-state index in [1.54, 1.807) is 0 Å². The Morgan fingerprint density at radius 2 is 2.04 bits per heavy atom. The average Bonchev–Trinajstić information content (AvgIpc) is 2.98. The molecule has 0 saturated heterocycles. The molecule has 1 amide bonds. The molecule has 0 fully saturated rings. The number of aromatic amines is 1. The second kappa shape index (κ2) is 6.72. The van der Waals surface area contributed by atoms with Crippen LogP contribution in [-0.2, 0) is 6.42 Å². The summed E-state index contributed by atoms with van der Waals surface area (Å²) in [6.07, 6.45) is 2.56. The number of non-ortho nitro benzene ring substituents is 1. The molecule has 0 bridgehead atoms. The van der Waals surface area contributed by atoms with Crippen molar-refractivity contribution in [2.75, 3.05) is 6.54 Å². The molecule has 1 aromatic heterocycles. The van der Waals surface area contributed by atoms with E-state index in [2.05, 4.69) is 10.3 Å². The van der Waals surface area contributed by atoms with Gasteiger partial charge < -0.3 is 10.3 Å². The van der Waals surface area contributed by atoms with Gasteiger partial charge >= 0.3 is 0 Å². The Labute approximate surface area is 142 Å². The highest BCUT2D eigenvalue weighted by Crippen LogP contribution is 2.22. The van der Waals surface area contributed by atoms with Crippen molar-refractivity contribution in [1.82, 2.24) is 10.3 Å². The summed E-state index contributed by atoms with van der Waals surface area (Å²) in [4.78, 5) is 25.6. The third-order valence-electron chi connectivity index (χ3n) is 3.76. The third kappa shape index (κ3) is 3.23. The van der Waals surface area contributed by atoms with Crippen LogP contribution >= 0.6 is 11.6 Å². The molecule has 1 heterocycles. The molecule has 7 heteroatoms. The number of hydrogen-bond donors (Lipinski definition) is 2. The van der Waals surface area contributed by atoms with Crippen LogP contribution < -0.4 is 5.32 Å². The maximum Gasteiger partial charge on any atom is 0.270 e. The van der Waals surface area contributed by atoms with Crippen molar-refractivity contribution >= 4 is 34.1 Å². The number of fused-ring (bicyclic) bond motifs is 1. The lowest BCUT2D eigenvalue weighted by molar-refractivity contribution is -0.384. The van der Waals surface area contributed by atoms with Crippen LogP contribution in [0.15, 0.2) is 48.7 Å². The molecule has 0 aliphatic rings. The van der Waals surface area contributed by atoms with Crippen molar-refractivity contribution in [2.45, 2.75) is 6.42 Å². The lowest BCUT2D eigenvalue weighted by atomic mass is 10.1. The highest BCUT2D eigenvalue weighted by molar-refractivity contribution is 6.33. The maximum absolute atomic E-state index is 12.2. The maximum atomic E-state index is 12.2. The zero-order valence-electron chi connectivity index (χ0n) is 12.6. The Morgan fingerprint density at radius 3 is 2.83 bits per heavy atom. The van der Waals surface area contributed by atoms with Gasteiger partial charge in [-0.25, -0.2) is 0 Å². The van der Waals surface area contributed by atoms with Gasteiger partial charge in [-0.05, 0) is 24.1 Å². The van der Waals surface area contributed by atoms with E-state index in [-0.39, 0.29) is 16.3 Å². The normalized spacial score (nSPS) is 10.7. The monoisotopic (exact) mass is 343 g/mol. The van der Waals surface area contributed by atoms with E-state index in [4.69, 9.17) is 11.6 Å². The van der Waals surface area contributed by atoms with Gasteiger partial charge in [0.1, 0.15) is 0 Å². The molecule has 0 atom stereocenters. The first-order valence-corrected chi connectivity index (χ1v) is 7.71. The van der Waals surface area contributed by atoms with Crippen LogP contribution in [-0.4, -0.2) is 22.4 Å². The number of nitro groups is 1. The molecule has 0 unspecified atom stereocenters. The number of H-pyrrole nitrogens is 1. The second-order valence-electron chi connectivity index (χ2n) is 5.29. The molecule has 2 aromatic carbocycles. The standard InChI is InChI=1S/C17H14ClN3O3/c18-15-6-5-12(21(23)24)9-14(15)17(22)19-8-7-11-10-20-16-4-2-1-3-13(11)16/h1-6,9-10,20H,7-8H2,(H,19,22). The van der Waals surface area contributed by atoms with Crippen LogP contribution in [0.3, 0.4) is 0 Å². The molecular formula is C17H14ClN3O3. The van der Waals surface area contributed by atoms with Crippen molar-refractivity contribution in [3.63, 3.8) is 0 Å². The summed E-state index contributed by atoms with van der Waals surface area (Å²) in [6.45, 7) is 0.402. The number of carbonyl (C=O) groups excluding carboxylic acids is 1. The molecule has 0 spiro atoms. The molecule has 122 valence electrons. The van der Waals surface area contributed by atoms with Crippen molar-refractivity contribution in [3.8, 4) is 0 Å². The minimum absolute atomic E-state index is 0.102. The number of hydrogen-bond acceptors (Lipinski definition) is 3. The van der Waals surface area contributed by atoms with Crippen molar-refractivity contribution < 1.29 is 9.72 Å². The quantitative estimate of drug-likeness (QED) is 0.547. The number of nitrogens with zero attached hydrogens (tertiary/aromatic N) is 1. The van der Waals surface area contributed by atoms with Gasteiger partial charge in [0, 0.05) is 35.8 Å². The number of rotatable bonds is 5. The largest absolute Gasteiger partial charge is 0.361 e. The number of carbonyl (C=O) groups is 1. The predicted octanol–water partition coefficient (Wildman–Crippen LogP) is 3.70. The number of benzene rings is 2. The van der Waals surface area contributed by atoms with Gasteiger partial charge in [-0.2, -0.15) is 0 Å². The Balaban J connectivity index is 1.68. The van der Waals surface area contributed by atoms with Gasteiger partial charge in [0.05, 0.1) is 15.5 Å². The molecule has 6 nitrogen and oxygen atoms in total. The molecule has 3 aromatic rings. The highest BCUT2D eigenvalue weighted by atomic mass is 35.5. The van der Waals surface area contributed by atoms with E-state index in [0.29, 0.717) is 13.0 Å². The minimum atomic E-state index is -0.556. The number of nitrogens with one attached hydrogen (secondary N) is 2. The summed E-state index contributed by atoms with van der Waals surface area (Å²) >= 11 is 5.96. The first kappa shape index (κ1) is 16.0. The molecule has 24 heavy (non-hydrogen) atoms. The number of halogens is 1. The summed E-state index contributed by atoms with van der Waals surface area (Å²) in [5, 5.41) is 14.9. The lowest BCUT2D eigenvalue weighted by Gasteiger charge is -2.06. The van der Waals surface area contributed by atoms with Gasteiger partial charge in [0.25, 0.3) is 11.6 Å². The Morgan fingerprint density at radius 1 is 1.25 bits per heavy atom. The number of nitro benzene ring substituents is 1. The van der Waals surface area contributed by atoms with Gasteiger partial charge in [0.2, 0.25) is 0 Å². The van der Waals surface area contributed by atoms with Crippen molar-refractivity contribution in [2.24, 2.45) is 0 Å². The fraction of sp³-hybridized carbons (Fsp3) is 0.118. The SMILES string of the molecule is O=C(NCCc1c[nH]c2ccccc12)c1cc([N+](=O)[O-])ccc1Cl. The van der Waals surface area contributed by atoms with Crippen LogP contribution in [0.1, 0.15) is 15.9 Å². The molecule has 0 aliphatic carbocycles. The number of para-hydroxylation sites is 1. The van der Waals surface area contributed by atoms with Crippen LogP contribution in [0.25, 0.3) is 10.9 Å². The first-order valence-electron chi connectivity index (χ1n) is 7.33. The summed E-state index contributed by atoms with van der Waals surface area (Å²) in [5.74, 6) is -0.427. The van der Waals surface area contributed by atoms with E-state index >= 15 is 0 Å². The van der Waals surface area contributed by atoms with E-state index in [0.717, 1.165) is 16.5 Å². The summed E-state index contributed by atoms with van der Waals surface area (Å²) in [5.41, 5.74) is 2.07. The Kier molecular flexibility index (Phi) is 4.48. The van der Waals surface area contributed by atoms with Gasteiger partial charge in [-0.15, -0.1) is 0 Å². The summed E-state index contributed by atoms with van der Waals surface area (Å²) < 4.78 is 0. The Hall–Kier alpha value is -2.86. The lowest BCUT2D eigenvalue weighted by Crippen LogP contribution is -2.26. The molecule has 0 radical (unpaired) electrons. The van der Waals surface area contributed by atoms with Crippen molar-refractivity contribution in [1.29, 1.82) is 0 Å². The zero-order chi connectivity index (χ0) is 17.1. The molecule has 2 N–H and O–H groups in total. The topological polar surface area (TPSA) is 88.0 Å². The molecule has 0 saturated carbocycles. The molecule has 0 aliphatic heterocycles. The smallest absolute Gasteiger partial charge is 0.270 e. The Bertz CT molecular complexity index is 920. The van der Waals surface area contributed by atoms with Crippen LogP contribution in [0.4, 0.5) is 5.69 Å². The van der Waals surface area contributed by atoms with E-state index < -0.39 is 10.8 Å². The van der Waals surface area contributed by atoms with Crippen LogP contribution in [0.5, 0.6) is 0 Å². The van der Waals surface area contributed by atoms with Gasteiger partial charge in [-0.1, -0.05) is 29.8 Å². The molecular weight excluding hydrogens is 330 g/mol. The van der Waals surface area contributed by atoms with Crippen molar-refractivity contribution in [3.05, 3.63) is 74.9 Å². The average molecular weight is 344 g/mol. The van der Waals surface area contributed by atoms with Gasteiger partial charge in [-0.3, -0.25) is 14.9 Å². The van der Waals surface area contributed by atoms with E-state index in [1.807, 2.05) is 30.5 Å².